The summed E-state index contributed by atoms with van der Waals surface area (Å²) in [5.41, 5.74) is -0.230. The van der Waals surface area contributed by atoms with Gasteiger partial charge in [0.15, 0.2) is 11.6 Å². The Labute approximate surface area is 192 Å². The molecule has 0 N–H and O–H groups in total. The second-order valence-electron chi connectivity index (χ2n) is 8.50. The molecule has 178 valence electrons. The number of piperazine rings is 1. The molecule has 0 atom stereocenters. The first-order valence-electron chi connectivity index (χ1n) is 11.0. The Bertz CT molecular complexity index is 1080. The highest BCUT2D eigenvalue weighted by molar-refractivity contribution is 7.91. The highest BCUT2D eigenvalue weighted by Crippen LogP contribution is 2.25. The van der Waals surface area contributed by atoms with E-state index < -0.39 is 26.4 Å². The number of halogens is 2. The van der Waals surface area contributed by atoms with Crippen LogP contribution in [0.2, 0.25) is 0 Å². The molecule has 2 saturated heterocycles. The number of carbonyl (C=O) groups is 1. The molecule has 0 saturated carbocycles. The van der Waals surface area contributed by atoms with Gasteiger partial charge in [-0.15, -0.1) is 10.2 Å². The van der Waals surface area contributed by atoms with Crippen molar-refractivity contribution in [1.82, 2.24) is 15.1 Å². The van der Waals surface area contributed by atoms with Crippen LogP contribution < -0.4 is 9.80 Å². The second-order valence-corrected chi connectivity index (χ2v) is 10.4. The van der Waals surface area contributed by atoms with E-state index in [0.29, 0.717) is 32.0 Å². The minimum absolute atomic E-state index is 0.230. The number of hydrogen-bond acceptors (Lipinski definition) is 7. The van der Waals surface area contributed by atoms with Gasteiger partial charge in [0, 0.05) is 39.3 Å². The largest absolute Gasteiger partial charge is 0.355 e. The van der Waals surface area contributed by atoms with Crippen molar-refractivity contribution in [2.24, 2.45) is 5.92 Å². The molecule has 3 heterocycles. The molecule has 4 rings (SSSR count). The van der Waals surface area contributed by atoms with Crippen molar-refractivity contribution >= 4 is 27.4 Å². The fraction of sp³-hybridized carbons (Fsp3) is 0.500. The van der Waals surface area contributed by atoms with Gasteiger partial charge in [0.05, 0.1) is 10.5 Å². The van der Waals surface area contributed by atoms with Gasteiger partial charge in [-0.1, -0.05) is 19.1 Å². The predicted molar refractivity (Wildman–Crippen MR) is 120 cm³/mol. The Morgan fingerprint density at radius 1 is 0.909 bits per heavy atom. The number of sulfone groups is 1. The summed E-state index contributed by atoms with van der Waals surface area (Å²) in [6.07, 6.45) is 2.28. The van der Waals surface area contributed by atoms with Crippen molar-refractivity contribution in [3.05, 3.63) is 42.0 Å². The number of piperidine rings is 1. The van der Waals surface area contributed by atoms with E-state index >= 15 is 0 Å². The number of carbonyl (C=O) groups excluding carboxylic acids is 1. The van der Waals surface area contributed by atoms with Gasteiger partial charge in [0.25, 0.3) is 5.91 Å². The SMILES string of the molecule is CC1CCN(c2ccc(N3CCN(C(=O)c4ccccc4S(=O)(=O)C(F)F)CC3)nn2)CC1. The Morgan fingerprint density at radius 3 is 2.00 bits per heavy atom. The molecule has 0 spiro atoms. The smallest absolute Gasteiger partial charge is 0.341 e. The van der Waals surface area contributed by atoms with E-state index in [1.807, 2.05) is 17.0 Å². The van der Waals surface area contributed by atoms with Crippen molar-refractivity contribution < 1.29 is 22.0 Å². The lowest BCUT2D eigenvalue weighted by Gasteiger charge is -2.35. The fourth-order valence-electron chi connectivity index (χ4n) is 4.19. The maximum atomic E-state index is 13.1. The summed E-state index contributed by atoms with van der Waals surface area (Å²) in [5.74, 6) is -1.86. The van der Waals surface area contributed by atoms with E-state index in [2.05, 4.69) is 22.0 Å². The summed E-state index contributed by atoms with van der Waals surface area (Å²) in [6.45, 7) is 5.78. The van der Waals surface area contributed by atoms with Gasteiger partial charge in [-0.25, -0.2) is 8.42 Å². The number of alkyl halides is 2. The van der Waals surface area contributed by atoms with Crippen LogP contribution in [0.3, 0.4) is 0 Å². The molecule has 2 fully saturated rings. The average Bonchev–Trinajstić information content (AvgIpc) is 2.84. The van der Waals surface area contributed by atoms with E-state index in [0.717, 1.165) is 43.7 Å². The van der Waals surface area contributed by atoms with E-state index in [-0.39, 0.29) is 5.56 Å². The third kappa shape index (κ3) is 4.92. The van der Waals surface area contributed by atoms with E-state index in [1.54, 1.807) is 0 Å². The van der Waals surface area contributed by atoms with Crippen LogP contribution in [0.4, 0.5) is 20.4 Å². The van der Waals surface area contributed by atoms with Crippen LogP contribution >= 0.6 is 0 Å². The van der Waals surface area contributed by atoms with Gasteiger partial charge >= 0.3 is 5.76 Å². The molecule has 0 aliphatic carbocycles. The summed E-state index contributed by atoms with van der Waals surface area (Å²) >= 11 is 0. The summed E-state index contributed by atoms with van der Waals surface area (Å²) in [7, 11) is -4.88. The van der Waals surface area contributed by atoms with Gasteiger partial charge in [-0.05, 0) is 43.0 Å². The highest BCUT2D eigenvalue weighted by Gasteiger charge is 2.33. The van der Waals surface area contributed by atoms with Crippen LogP contribution in [-0.4, -0.2) is 74.4 Å². The topological polar surface area (TPSA) is 86.7 Å². The molecular formula is C22H27F2N5O3S. The number of aromatic nitrogens is 2. The highest BCUT2D eigenvalue weighted by atomic mass is 32.2. The first kappa shape index (κ1) is 23.3. The predicted octanol–water partition coefficient (Wildman–Crippen LogP) is 2.67. The van der Waals surface area contributed by atoms with Gasteiger partial charge < -0.3 is 14.7 Å². The Balaban J connectivity index is 1.40. The first-order valence-corrected chi connectivity index (χ1v) is 12.6. The van der Waals surface area contributed by atoms with Gasteiger partial charge in [0.2, 0.25) is 9.84 Å². The Hall–Kier alpha value is -2.82. The average molecular weight is 480 g/mol. The van der Waals surface area contributed by atoms with Crippen LogP contribution in [0, 0.1) is 5.92 Å². The Kier molecular flexibility index (Phi) is 6.78. The van der Waals surface area contributed by atoms with Crippen molar-refractivity contribution in [3.63, 3.8) is 0 Å². The number of rotatable bonds is 5. The minimum Gasteiger partial charge on any atom is -0.355 e. The van der Waals surface area contributed by atoms with Crippen LogP contribution in [-0.2, 0) is 9.84 Å². The van der Waals surface area contributed by atoms with Crippen LogP contribution in [0.25, 0.3) is 0 Å². The fourth-order valence-corrected chi connectivity index (χ4v) is 5.11. The lowest BCUT2D eigenvalue weighted by molar-refractivity contribution is 0.0742. The van der Waals surface area contributed by atoms with Crippen molar-refractivity contribution in [3.8, 4) is 0 Å². The standard InChI is InChI=1S/C22H27F2N5O3S/c1-16-8-10-27(11-9-16)19-6-7-20(26-25-19)28-12-14-29(15-13-28)21(30)17-4-2-3-5-18(17)33(31,32)22(23)24/h2-7,16,22H,8-15H2,1H3. The first-order chi connectivity index (χ1) is 15.8. The molecule has 1 amide bonds. The second kappa shape index (κ2) is 9.58. The molecule has 33 heavy (non-hydrogen) atoms. The normalized spacial score (nSPS) is 18.1. The molecule has 2 aliphatic rings. The van der Waals surface area contributed by atoms with E-state index in [4.69, 9.17) is 0 Å². The minimum atomic E-state index is -4.88. The third-order valence-electron chi connectivity index (χ3n) is 6.29. The van der Waals surface area contributed by atoms with Crippen LogP contribution in [0.1, 0.15) is 30.1 Å². The zero-order chi connectivity index (χ0) is 23.6. The molecule has 2 aromatic rings. The van der Waals surface area contributed by atoms with Gasteiger partial charge in [-0.2, -0.15) is 8.78 Å². The maximum Gasteiger partial charge on any atom is 0.341 e. The maximum absolute atomic E-state index is 13.1. The zero-order valence-electron chi connectivity index (χ0n) is 18.4. The molecule has 0 unspecified atom stereocenters. The molecular weight excluding hydrogens is 452 g/mol. The summed E-state index contributed by atoms with van der Waals surface area (Å²) < 4.78 is 50.1. The zero-order valence-corrected chi connectivity index (χ0v) is 19.2. The molecule has 11 heteroatoms. The quantitative estimate of drug-likeness (QED) is 0.652. The molecule has 8 nitrogen and oxygen atoms in total. The van der Waals surface area contributed by atoms with Crippen LogP contribution in [0.15, 0.2) is 41.3 Å². The molecule has 2 aliphatic heterocycles. The Morgan fingerprint density at radius 2 is 1.45 bits per heavy atom. The van der Waals surface area contributed by atoms with Crippen molar-refractivity contribution in [1.29, 1.82) is 0 Å². The monoisotopic (exact) mass is 479 g/mol. The molecule has 0 bridgehead atoms. The van der Waals surface area contributed by atoms with Gasteiger partial charge in [-0.3, -0.25) is 4.79 Å². The molecule has 1 aromatic heterocycles. The number of amides is 1. The van der Waals surface area contributed by atoms with Crippen molar-refractivity contribution in [2.45, 2.75) is 30.4 Å². The number of anilines is 2. The molecule has 0 radical (unpaired) electrons. The summed E-state index contributed by atoms with van der Waals surface area (Å²) in [5, 5.41) is 8.73. The lowest BCUT2D eigenvalue weighted by Crippen LogP contribution is -2.49. The molecule has 1 aromatic carbocycles. The number of hydrogen-bond donors (Lipinski definition) is 0. The van der Waals surface area contributed by atoms with Crippen molar-refractivity contribution in [2.75, 3.05) is 49.1 Å². The van der Waals surface area contributed by atoms with Crippen LogP contribution in [0.5, 0.6) is 0 Å². The number of nitrogens with zero attached hydrogens (tertiary/aromatic N) is 5. The van der Waals surface area contributed by atoms with E-state index in [1.165, 1.54) is 23.1 Å². The van der Waals surface area contributed by atoms with E-state index in [9.17, 15) is 22.0 Å². The lowest BCUT2D eigenvalue weighted by atomic mass is 9.99. The summed E-state index contributed by atoms with van der Waals surface area (Å²) in [6, 6.07) is 9.00. The summed E-state index contributed by atoms with van der Waals surface area (Å²) in [4.78, 5) is 18.0. The third-order valence-corrected chi connectivity index (χ3v) is 7.73. The number of benzene rings is 1. The van der Waals surface area contributed by atoms with Gasteiger partial charge in [0.1, 0.15) is 0 Å².